The summed E-state index contributed by atoms with van der Waals surface area (Å²) >= 11 is 0. The highest BCUT2D eigenvalue weighted by Gasteiger charge is 2.15. The molecule has 1 unspecified atom stereocenters. The predicted octanol–water partition coefficient (Wildman–Crippen LogP) is 3.65. The molecule has 10 nitrogen and oxygen atoms in total. The second-order valence-corrected chi connectivity index (χ2v) is 9.22. The number of H-pyrrole nitrogens is 1. The largest absolute Gasteiger partial charge is 0.397 e. The third-order valence-electron chi connectivity index (χ3n) is 5.25. The number of carbonyl (C=O) groups is 1. The van der Waals surface area contributed by atoms with Crippen molar-refractivity contribution >= 4 is 45.2 Å². The van der Waals surface area contributed by atoms with E-state index in [4.69, 9.17) is 5.73 Å². The summed E-state index contributed by atoms with van der Waals surface area (Å²) in [5.41, 5.74) is 9.82. The van der Waals surface area contributed by atoms with Gasteiger partial charge in [-0.1, -0.05) is 24.3 Å². The number of hydrogen-bond acceptors (Lipinski definition) is 7. The van der Waals surface area contributed by atoms with Gasteiger partial charge in [-0.15, -0.1) is 5.10 Å². The van der Waals surface area contributed by atoms with Gasteiger partial charge < -0.3 is 16.4 Å². The predicted molar refractivity (Wildman–Crippen MR) is 135 cm³/mol. The molecule has 0 radical (unpaired) electrons. The average molecular weight is 487 g/mol. The van der Waals surface area contributed by atoms with Crippen LogP contribution in [0.2, 0.25) is 0 Å². The van der Waals surface area contributed by atoms with E-state index >= 15 is 0 Å². The van der Waals surface area contributed by atoms with Crippen LogP contribution in [-0.2, 0) is 16.6 Å². The van der Waals surface area contributed by atoms with Gasteiger partial charge in [0, 0.05) is 23.5 Å². The van der Waals surface area contributed by atoms with Crippen molar-refractivity contribution in [2.24, 2.45) is 0 Å². The highest BCUT2D eigenvalue weighted by atomic mass is 32.2. The van der Waals surface area contributed by atoms with Crippen molar-refractivity contribution in [3.63, 3.8) is 0 Å². The number of carbonyl (C=O) groups excluding carboxylic acids is 1. The molecule has 35 heavy (non-hydrogen) atoms. The number of para-hydroxylation sites is 2. The number of aromatic amines is 1. The van der Waals surface area contributed by atoms with E-state index in [1.165, 1.54) is 0 Å². The highest BCUT2D eigenvalue weighted by Crippen LogP contribution is 2.22. The molecule has 5 aromatic rings. The van der Waals surface area contributed by atoms with E-state index in [1.54, 1.807) is 59.2 Å². The molecule has 176 valence electrons. The molecule has 0 saturated carbocycles. The third-order valence-corrected chi connectivity index (χ3v) is 6.43. The van der Waals surface area contributed by atoms with E-state index in [0.717, 1.165) is 16.8 Å². The standard InChI is InChI=1S/C24H22N8O2S/c1-15-13-21(30-29-15)27-22-20-7-4-12-32(20)31-24(28-22)35(34)14-16-8-10-17(11-9-16)23(33)26-19-6-3-2-5-18(19)25/h2-13H,14,25H2,1H3,(H,26,33)(H2,27,28,29,30,31). The number of aromatic nitrogens is 5. The van der Waals surface area contributed by atoms with Gasteiger partial charge in [-0.05, 0) is 48.9 Å². The van der Waals surface area contributed by atoms with Crippen LogP contribution in [0.4, 0.5) is 23.0 Å². The molecule has 0 spiro atoms. The van der Waals surface area contributed by atoms with Crippen molar-refractivity contribution in [2.45, 2.75) is 17.8 Å². The summed E-state index contributed by atoms with van der Waals surface area (Å²) in [5, 5.41) is 17.6. The molecule has 0 aliphatic carbocycles. The molecule has 0 aliphatic heterocycles. The molecule has 0 bridgehead atoms. The molecule has 0 aliphatic rings. The second-order valence-electron chi connectivity index (χ2n) is 7.87. The summed E-state index contributed by atoms with van der Waals surface area (Å²) in [6, 6.07) is 19.5. The number of anilines is 4. The first-order valence-corrected chi connectivity index (χ1v) is 12.1. The highest BCUT2D eigenvalue weighted by molar-refractivity contribution is 7.84. The molecule has 1 atom stereocenters. The van der Waals surface area contributed by atoms with Gasteiger partial charge >= 0.3 is 0 Å². The lowest BCUT2D eigenvalue weighted by atomic mass is 10.1. The van der Waals surface area contributed by atoms with E-state index in [-0.39, 0.29) is 16.8 Å². The minimum Gasteiger partial charge on any atom is -0.397 e. The van der Waals surface area contributed by atoms with Crippen LogP contribution in [-0.4, -0.2) is 34.9 Å². The number of aryl methyl sites for hydroxylation is 1. The fourth-order valence-electron chi connectivity index (χ4n) is 3.48. The third kappa shape index (κ3) is 4.89. The average Bonchev–Trinajstić information content (AvgIpc) is 3.49. The van der Waals surface area contributed by atoms with E-state index in [0.29, 0.717) is 28.6 Å². The van der Waals surface area contributed by atoms with E-state index < -0.39 is 10.8 Å². The fraction of sp³-hybridized carbons (Fsp3) is 0.0833. The fourth-order valence-corrected chi connectivity index (χ4v) is 4.48. The van der Waals surface area contributed by atoms with Gasteiger partial charge in [0.1, 0.15) is 5.52 Å². The van der Waals surface area contributed by atoms with Gasteiger partial charge in [-0.3, -0.25) is 14.1 Å². The Morgan fingerprint density at radius 1 is 1.11 bits per heavy atom. The SMILES string of the molecule is Cc1cc(Nc2nc(S(=O)Cc3ccc(C(=O)Nc4ccccc4N)cc3)nn3cccc23)n[nH]1. The number of nitrogens with one attached hydrogen (secondary N) is 3. The van der Waals surface area contributed by atoms with Crippen molar-refractivity contribution in [2.75, 3.05) is 16.4 Å². The number of nitrogen functional groups attached to an aromatic ring is 1. The van der Waals surface area contributed by atoms with Gasteiger partial charge in [0.2, 0.25) is 5.16 Å². The Kier molecular flexibility index (Phi) is 5.98. The zero-order valence-electron chi connectivity index (χ0n) is 18.7. The maximum Gasteiger partial charge on any atom is 0.255 e. The summed E-state index contributed by atoms with van der Waals surface area (Å²) < 4.78 is 14.7. The summed E-state index contributed by atoms with van der Waals surface area (Å²) in [6.07, 6.45) is 1.77. The topological polar surface area (TPSA) is 143 Å². The minimum atomic E-state index is -1.52. The molecule has 1 amide bonds. The first-order chi connectivity index (χ1) is 17.0. The quantitative estimate of drug-likeness (QED) is 0.257. The molecule has 11 heteroatoms. The van der Waals surface area contributed by atoms with Crippen LogP contribution in [0, 0.1) is 6.92 Å². The van der Waals surface area contributed by atoms with Crippen molar-refractivity contribution in [3.05, 3.63) is 89.7 Å². The normalized spacial score (nSPS) is 11.9. The maximum atomic E-state index is 13.1. The van der Waals surface area contributed by atoms with Crippen LogP contribution < -0.4 is 16.4 Å². The van der Waals surface area contributed by atoms with Gasteiger partial charge in [-0.25, -0.2) is 4.52 Å². The number of nitrogens with zero attached hydrogens (tertiary/aromatic N) is 4. The van der Waals surface area contributed by atoms with Crippen molar-refractivity contribution < 1.29 is 9.00 Å². The Morgan fingerprint density at radius 3 is 2.66 bits per heavy atom. The number of nitrogens with two attached hydrogens (primary N) is 1. The number of benzene rings is 2. The smallest absolute Gasteiger partial charge is 0.255 e. The number of rotatable bonds is 7. The van der Waals surface area contributed by atoms with Crippen LogP contribution in [0.3, 0.4) is 0 Å². The Bertz CT molecular complexity index is 1540. The van der Waals surface area contributed by atoms with Crippen LogP contribution in [0.25, 0.3) is 5.52 Å². The number of hydrogen-bond donors (Lipinski definition) is 4. The van der Waals surface area contributed by atoms with E-state index in [1.807, 2.05) is 25.1 Å². The lowest BCUT2D eigenvalue weighted by Gasteiger charge is -2.09. The maximum absolute atomic E-state index is 13.1. The first kappa shape index (κ1) is 22.3. The molecule has 3 aromatic heterocycles. The molecule has 2 aromatic carbocycles. The van der Waals surface area contributed by atoms with Gasteiger partial charge in [0.15, 0.2) is 11.6 Å². The summed E-state index contributed by atoms with van der Waals surface area (Å²) in [7, 11) is -1.52. The number of fused-ring (bicyclic) bond motifs is 1. The van der Waals surface area contributed by atoms with Crippen LogP contribution >= 0.6 is 0 Å². The monoisotopic (exact) mass is 486 g/mol. The number of amides is 1. The molecule has 3 heterocycles. The lowest BCUT2D eigenvalue weighted by molar-refractivity contribution is 0.102. The molecule has 5 rings (SSSR count). The Labute approximate surface area is 203 Å². The van der Waals surface area contributed by atoms with Gasteiger partial charge in [0.05, 0.1) is 27.9 Å². The van der Waals surface area contributed by atoms with Crippen molar-refractivity contribution in [3.8, 4) is 0 Å². The lowest BCUT2D eigenvalue weighted by Crippen LogP contribution is -2.13. The van der Waals surface area contributed by atoms with Crippen LogP contribution in [0.15, 0.2) is 78.1 Å². The summed E-state index contributed by atoms with van der Waals surface area (Å²) in [4.78, 5) is 17.0. The van der Waals surface area contributed by atoms with E-state index in [9.17, 15) is 9.00 Å². The van der Waals surface area contributed by atoms with Crippen molar-refractivity contribution in [1.29, 1.82) is 0 Å². The molecular weight excluding hydrogens is 464 g/mol. The van der Waals surface area contributed by atoms with Gasteiger partial charge in [0.25, 0.3) is 5.91 Å². The van der Waals surface area contributed by atoms with Crippen LogP contribution in [0.1, 0.15) is 21.6 Å². The molecule has 0 fully saturated rings. The first-order valence-electron chi connectivity index (χ1n) is 10.7. The summed E-state index contributed by atoms with van der Waals surface area (Å²) in [6.45, 7) is 1.90. The van der Waals surface area contributed by atoms with E-state index in [2.05, 4.69) is 30.9 Å². The van der Waals surface area contributed by atoms with Gasteiger partial charge in [-0.2, -0.15) is 10.1 Å². The molecule has 5 N–H and O–H groups in total. The Balaban J connectivity index is 1.32. The zero-order valence-corrected chi connectivity index (χ0v) is 19.5. The molecular formula is C24H22N8O2S. The molecule has 0 saturated heterocycles. The summed E-state index contributed by atoms with van der Waals surface area (Å²) in [5.74, 6) is 1.03. The Morgan fingerprint density at radius 2 is 1.91 bits per heavy atom. The van der Waals surface area contributed by atoms with Crippen LogP contribution in [0.5, 0.6) is 0 Å². The zero-order chi connectivity index (χ0) is 24.4. The second kappa shape index (κ2) is 9.39. The Hall–Kier alpha value is -4.51. The van der Waals surface area contributed by atoms with Crippen molar-refractivity contribution in [1.82, 2.24) is 24.8 Å². The minimum absolute atomic E-state index is 0.185.